The van der Waals surface area contributed by atoms with E-state index < -0.39 is 0 Å². The highest BCUT2D eigenvalue weighted by Gasteiger charge is 2.08. The molecule has 1 aromatic carbocycles. The molecule has 0 aliphatic rings. The van der Waals surface area contributed by atoms with Crippen molar-refractivity contribution < 1.29 is 4.39 Å². The molecule has 0 aliphatic heterocycles. The van der Waals surface area contributed by atoms with Gasteiger partial charge < -0.3 is 5.32 Å². The van der Waals surface area contributed by atoms with Gasteiger partial charge in [-0.25, -0.2) is 9.37 Å². The van der Waals surface area contributed by atoms with Crippen LogP contribution >= 0.6 is 31.9 Å². The van der Waals surface area contributed by atoms with Crippen molar-refractivity contribution in [2.45, 2.75) is 0 Å². The first-order valence-corrected chi connectivity index (χ1v) is 6.08. The van der Waals surface area contributed by atoms with E-state index in [4.69, 9.17) is 0 Å². The molecule has 0 saturated carbocycles. The second kappa shape index (κ2) is 4.93. The summed E-state index contributed by atoms with van der Waals surface area (Å²) < 4.78 is 15.0. The van der Waals surface area contributed by atoms with Gasteiger partial charge in [0, 0.05) is 10.7 Å². The van der Waals surface area contributed by atoms with Crippen LogP contribution in [0, 0.1) is 5.82 Å². The first-order valence-electron chi connectivity index (χ1n) is 4.50. The predicted molar refractivity (Wildman–Crippen MR) is 69.3 cm³/mol. The fourth-order valence-corrected chi connectivity index (χ4v) is 2.01. The molecule has 82 valence electrons. The molecular weight excluding hydrogens is 339 g/mol. The number of anilines is 2. The molecule has 5 heteroatoms. The number of nitrogens with one attached hydrogen (secondary N) is 1. The van der Waals surface area contributed by atoms with E-state index in [1.807, 2.05) is 6.07 Å². The van der Waals surface area contributed by atoms with Crippen LogP contribution in [0.15, 0.2) is 45.5 Å². The zero-order chi connectivity index (χ0) is 11.5. The van der Waals surface area contributed by atoms with Crippen molar-refractivity contribution in [3.05, 3.63) is 51.3 Å². The third-order valence-electron chi connectivity index (χ3n) is 1.96. The fourth-order valence-electron chi connectivity index (χ4n) is 1.21. The van der Waals surface area contributed by atoms with Gasteiger partial charge in [0.25, 0.3) is 0 Å². The summed E-state index contributed by atoms with van der Waals surface area (Å²) in [4.78, 5) is 4.11. The van der Waals surface area contributed by atoms with Crippen molar-refractivity contribution in [2.75, 3.05) is 5.32 Å². The van der Waals surface area contributed by atoms with Crippen LogP contribution in [0.5, 0.6) is 0 Å². The third-order valence-corrected chi connectivity index (χ3v) is 3.27. The maximum Gasteiger partial charge on any atom is 0.147 e. The normalized spacial score (nSPS) is 10.2. The Kier molecular flexibility index (Phi) is 3.56. The number of hydrogen-bond acceptors (Lipinski definition) is 2. The quantitative estimate of drug-likeness (QED) is 0.867. The summed E-state index contributed by atoms with van der Waals surface area (Å²) in [6.07, 6.45) is 1.64. The topological polar surface area (TPSA) is 24.9 Å². The number of pyridine rings is 1. The van der Waals surface area contributed by atoms with E-state index in [2.05, 4.69) is 42.2 Å². The van der Waals surface area contributed by atoms with Crippen LogP contribution in [0.4, 0.5) is 15.9 Å². The highest BCUT2D eigenvalue weighted by atomic mass is 79.9. The van der Waals surface area contributed by atoms with Crippen LogP contribution in [0.3, 0.4) is 0 Å². The number of nitrogens with zero attached hydrogens (tertiary/aromatic N) is 1. The minimum absolute atomic E-state index is 0.327. The molecule has 0 atom stereocenters. The van der Waals surface area contributed by atoms with Gasteiger partial charge in [0.15, 0.2) is 0 Å². The Labute approximate surface area is 109 Å². The number of hydrogen-bond donors (Lipinski definition) is 1. The van der Waals surface area contributed by atoms with E-state index in [-0.39, 0.29) is 5.82 Å². The highest BCUT2D eigenvalue weighted by molar-refractivity contribution is 9.11. The SMILES string of the molecule is Fc1cccc(Br)c1Nc1ncccc1Br. The second-order valence-corrected chi connectivity index (χ2v) is 4.76. The average Bonchev–Trinajstić information content (AvgIpc) is 2.26. The maximum atomic E-state index is 13.5. The summed E-state index contributed by atoms with van der Waals surface area (Å²) in [5, 5.41) is 2.93. The third kappa shape index (κ3) is 2.41. The standard InChI is InChI=1S/C11H7Br2FN2/c12-7-3-1-5-9(14)10(7)16-11-8(13)4-2-6-15-11/h1-6H,(H,15,16). The van der Waals surface area contributed by atoms with Gasteiger partial charge in [0.05, 0.1) is 10.2 Å². The highest BCUT2D eigenvalue weighted by Crippen LogP contribution is 2.30. The van der Waals surface area contributed by atoms with Crippen LogP contribution < -0.4 is 5.32 Å². The Bertz CT molecular complexity index is 497. The monoisotopic (exact) mass is 344 g/mol. The van der Waals surface area contributed by atoms with Crippen LogP contribution in [-0.4, -0.2) is 4.98 Å². The molecule has 1 heterocycles. The van der Waals surface area contributed by atoms with E-state index in [1.54, 1.807) is 24.4 Å². The van der Waals surface area contributed by atoms with Gasteiger partial charge in [-0.1, -0.05) is 6.07 Å². The molecular formula is C11H7Br2FN2. The van der Waals surface area contributed by atoms with Crippen LogP contribution in [0.2, 0.25) is 0 Å². The number of benzene rings is 1. The number of rotatable bonds is 2. The van der Waals surface area contributed by atoms with Crippen molar-refractivity contribution >= 4 is 43.4 Å². The first kappa shape index (κ1) is 11.5. The lowest BCUT2D eigenvalue weighted by Gasteiger charge is -2.09. The Balaban J connectivity index is 2.38. The van der Waals surface area contributed by atoms with E-state index in [0.717, 1.165) is 4.47 Å². The van der Waals surface area contributed by atoms with Crippen molar-refractivity contribution in [2.24, 2.45) is 0 Å². The van der Waals surface area contributed by atoms with Crippen molar-refractivity contribution in [3.63, 3.8) is 0 Å². The smallest absolute Gasteiger partial charge is 0.147 e. The minimum atomic E-state index is -0.327. The van der Waals surface area contributed by atoms with E-state index in [9.17, 15) is 4.39 Å². The molecule has 0 saturated heterocycles. The molecule has 16 heavy (non-hydrogen) atoms. The summed E-state index contributed by atoms with van der Waals surface area (Å²) in [6.45, 7) is 0. The molecule has 0 bridgehead atoms. The molecule has 1 N–H and O–H groups in total. The Hall–Kier alpha value is -0.940. The summed E-state index contributed by atoms with van der Waals surface area (Å²) >= 11 is 6.62. The molecule has 0 radical (unpaired) electrons. The van der Waals surface area contributed by atoms with Gasteiger partial charge in [-0.15, -0.1) is 0 Å². The number of aromatic nitrogens is 1. The summed E-state index contributed by atoms with van der Waals surface area (Å²) in [5.74, 6) is 0.250. The molecule has 2 rings (SSSR count). The van der Waals surface area contributed by atoms with Gasteiger partial charge in [-0.3, -0.25) is 0 Å². The average molecular weight is 346 g/mol. The van der Waals surface area contributed by atoms with Crippen molar-refractivity contribution in [3.8, 4) is 0 Å². The molecule has 0 fully saturated rings. The van der Waals surface area contributed by atoms with Gasteiger partial charge in [-0.05, 0) is 56.1 Å². The molecule has 2 nitrogen and oxygen atoms in total. The molecule has 0 amide bonds. The summed E-state index contributed by atoms with van der Waals surface area (Å²) in [5.41, 5.74) is 0.377. The van der Waals surface area contributed by atoms with Gasteiger partial charge in [0.2, 0.25) is 0 Å². The predicted octanol–water partition coefficient (Wildman–Crippen LogP) is 4.49. The number of para-hydroxylation sites is 1. The lowest BCUT2D eigenvalue weighted by molar-refractivity contribution is 0.631. The molecule has 0 aliphatic carbocycles. The summed E-state index contributed by atoms with van der Waals surface area (Å²) in [7, 11) is 0. The second-order valence-electron chi connectivity index (χ2n) is 3.06. The first-order chi connectivity index (χ1) is 7.68. The van der Waals surface area contributed by atoms with E-state index in [1.165, 1.54) is 6.07 Å². The van der Waals surface area contributed by atoms with E-state index in [0.29, 0.717) is 16.0 Å². The van der Waals surface area contributed by atoms with Crippen molar-refractivity contribution in [1.29, 1.82) is 0 Å². The Morgan fingerprint density at radius 3 is 2.50 bits per heavy atom. The lowest BCUT2D eigenvalue weighted by atomic mass is 10.3. The zero-order valence-corrected chi connectivity index (χ0v) is 11.2. The maximum absolute atomic E-state index is 13.5. The lowest BCUT2D eigenvalue weighted by Crippen LogP contribution is -1.97. The fraction of sp³-hybridized carbons (Fsp3) is 0. The zero-order valence-electron chi connectivity index (χ0n) is 8.05. The van der Waals surface area contributed by atoms with E-state index >= 15 is 0 Å². The Morgan fingerprint density at radius 1 is 1.06 bits per heavy atom. The van der Waals surface area contributed by atoms with Crippen LogP contribution in [0.1, 0.15) is 0 Å². The van der Waals surface area contributed by atoms with Crippen LogP contribution in [-0.2, 0) is 0 Å². The molecule has 0 spiro atoms. The number of halogens is 3. The molecule has 1 aromatic heterocycles. The van der Waals surface area contributed by atoms with Gasteiger partial charge in [0.1, 0.15) is 11.6 Å². The van der Waals surface area contributed by atoms with Crippen LogP contribution in [0.25, 0.3) is 0 Å². The largest absolute Gasteiger partial charge is 0.336 e. The van der Waals surface area contributed by atoms with Crippen molar-refractivity contribution in [1.82, 2.24) is 4.98 Å². The van der Waals surface area contributed by atoms with Gasteiger partial charge in [-0.2, -0.15) is 0 Å². The minimum Gasteiger partial charge on any atom is -0.336 e. The summed E-state index contributed by atoms with van der Waals surface area (Å²) in [6, 6.07) is 8.43. The Morgan fingerprint density at radius 2 is 1.81 bits per heavy atom. The van der Waals surface area contributed by atoms with Gasteiger partial charge >= 0.3 is 0 Å². The molecule has 2 aromatic rings. The molecule has 0 unspecified atom stereocenters.